The van der Waals surface area contributed by atoms with Crippen LogP contribution in [0.3, 0.4) is 0 Å². The molecule has 6 nitrogen and oxygen atoms in total. The Kier molecular flexibility index (Phi) is 7.75. The molecule has 0 aliphatic carbocycles. The monoisotopic (exact) mass is 508 g/mol. The van der Waals surface area contributed by atoms with E-state index in [4.69, 9.17) is 21.1 Å². The van der Waals surface area contributed by atoms with E-state index >= 15 is 0 Å². The van der Waals surface area contributed by atoms with Gasteiger partial charge >= 0.3 is 0 Å². The highest BCUT2D eigenvalue weighted by Gasteiger charge is 2.18. The van der Waals surface area contributed by atoms with Crippen LogP contribution in [-0.4, -0.2) is 36.3 Å². The fourth-order valence-electron chi connectivity index (χ4n) is 2.99. The second-order valence-electron chi connectivity index (χ2n) is 6.18. The summed E-state index contributed by atoms with van der Waals surface area (Å²) in [5, 5.41) is 3.95. The van der Waals surface area contributed by atoms with E-state index in [1.54, 1.807) is 7.05 Å². The Labute approximate surface area is 180 Å². The summed E-state index contributed by atoms with van der Waals surface area (Å²) >= 11 is 6.04. The molecule has 0 amide bonds. The van der Waals surface area contributed by atoms with Crippen molar-refractivity contribution in [3.63, 3.8) is 0 Å². The van der Waals surface area contributed by atoms with Gasteiger partial charge in [-0.3, -0.25) is 4.99 Å². The van der Waals surface area contributed by atoms with E-state index in [0.29, 0.717) is 36.4 Å². The summed E-state index contributed by atoms with van der Waals surface area (Å²) in [6.07, 6.45) is 1.86. The average Bonchev–Trinajstić information content (AvgIpc) is 2.92. The minimum absolute atomic E-state index is 0. The summed E-state index contributed by atoms with van der Waals surface area (Å²) in [7, 11) is 5.59. The Morgan fingerprint density at radius 3 is 2.85 bits per heavy atom. The van der Waals surface area contributed by atoms with Crippen molar-refractivity contribution in [2.75, 3.05) is 20.9 Å². The van der Waals surface area contributed by atoms with E-state index in [0.717, 1.165) is 16.8 Å². The number of hydrogen-bond donors (Lipinski definition) is 1. The molecule has 0 radical (unpaired) electrons. The second-order valence-corrected chi connectivity index (χ2v) is 6.62. The maximum Gasteiger partial charge on any atom is 0.194 e. The Morgan fingerprint density at radius 2 is 2.19 bits per heavy atom. The van der Waals surface area contributed by atoms with Crippen molar-refractivity contribution in [2.45, 2.75) is 19.7 Å². The quantitative estimate of drug-likeness (QED) is 0.390. The predicted molar refractivity (Wildman–Crippen MR) is 114 cm³/mol. The molecule has 0 unspecified atom stereocenters. The SMILES string of the molecule is CN=C(NCc1cc(F)cc2c1OCOC2)N(C)Cc1cc(Cl)cn1C.I. The van der Waals surface area contributed by atoms with Crippen LogP contribution in [0.5, 0.6) is 5.75 Å². The van der Waals surface area contributed by atoms with Gasteiger partial charge in [0.2, 0.25) is 0 Å². The van der Waals surface area contributed by atoms with Crippen LogP contribution in [-0.2, 0) is 31.5 Å². The number of aliphatic imine (C=N–C) groups is 1. The van der Waals surface area contributed by atoms with Gasteiger partial charge in [0.1, 0.15) is 11.6 Å². The third-order valence-electron chi connectivity index (χ3n) is 4.24. The highest BCUT2D eigenvalue weighted by atomic mass is 127. The third kappa shape index (κ3) is 5.26. The van der Waals surface area contributed by atoms with Crippen molar-refractivity contribution >= 4 is 41.5 Å². The number of benzene rings is 1. The topological polar surface area (TPSA) is 51.0 Å². The van der Waals surface area contributed by atoms with Crippen molar-refractivity contribution in [1.82, 2.24) is 14.8 Å². The molecule has 1 aromatic carbocycles. The van der Waals surface area contributed by atoms with Crippen molar-refractivity contribution in [3.8, 4) is 5.75 Å². The van der Waals surface area contributed by atoms with Gasteiger partial charge in [0.25, 0.3) is 0 Å². The first kappa shape index (κ1) is 21.8. The fourth-order valence-corrected chi connectivity index (χ4v) is 3.26. The van der Waals surface area contributed by atoms with Crippen LogP contribution < -0.4 is 10.1 Å². The number of nitrogens with zero attached hydrogens (tertiary/aromatic N) is 3. The molecule has 9 heteroatoms. The minimum Gasteiger partial charge on any atom is -0.467 e. The zero-order valence-corrected chi connectivity index (χ0v) is 18.5. The zero-order valence-electron chi connectivity index (χ0n) is 15.5. The molecule has 2 aromatic rings. The van der Waals surface area contributed by atoms with Crippen molar-refractivity contribution in [1.29, 1.82) is 0 Å². The number of aryl methyl sites for hydroxylation is 1. The predicted octanol–water partition coefficient (Wildman–Crippen LogP) is 3.51. The van der Waals surface area contributed by atoms with E-state index in [-0.39, 0.29) is 36.6 Å². The molecule has 148 valence electrons. The summed E-state index contributed by atoms with van der Waals surface area (Å²) in [5.74, 6) is 1.06. The molecule has 0 atom stereocenters. The Bertz CT molecular complexity index is 828. The molecule has 3 rings (SSSR count). The van der Waals surface area contributed by atoms with E-state index in [9.17, 15) is 4.39 Å². The lowest BCUT2D eigenvalue weighted by Gasteiger charge is -2.24. The van der Waals surface area contributed by atoms with Gasteiger partial charge in [0.15, 0.2) is 12.8 Å². The summed E-state index contributed by atoms with van der Waals surface area (Å²) in [6, 6.07) is 4.83. The van der Waals surface area contributed by atoms with Gasteiger partial charge in [-0.05, 0) is 18.2 Å². The molecule has 27 heavy (non-hydrogen) atoms. The van der Waals surface area contributed by atoms with Gasteiger partial charge in [-0.15, -0.1) is 24.0 Å². The normalized spacial score (nSPS) is 13.4. The number of halogens is 3. The summed E-state index contributed by atoms with van der Waals surface area (Å²) in [6.45, 7) is 1.55. The standard InChI is InChI=1S/C18H22ClFN4O2.HI/c1-21-18(24(3)9-16-6-14(19)8-23(16)2)22-7-12-4-15(20)5-13-10-25-11-26-17(12)13;/h4-6,8H,7,9-11H2,1-3H3,(H,21,22);1H. The number of fused-ring (bicyclic) bond motifs is 1. The number of hydrogen-bond acceptors (Lipinski definition) is 3. The summed E-state index contributed by atoms with van der Waals surface area (Å²) in [4.78, 5) is 6.27. The minimum atomic E-state index is -0.309. The summed E-state index contributed by atoms with van der Waals surface area (Å²) < 4.78 is 26.6. The van der Waals surface area contributed by atoms with E-state index < -0.39 is 0 Å². The molecule has 2 heterocycles. The lowest BCUT2D eigenvalue weighted by Crippen LogP contribution is -2.38. The van der Waals surface area contributed by atoms with E-state index in [2.05, 4.69) is 10.3 Å². The van der Waals surface area contributed by atoms with Gasteiger partial charge < -0.3 is 24.3 Å². The molecule has 1 aromatic heterocycles. The van der Waals surface area contributed by atoms with Gasteiger partial charge in [-0.25, -0.2) is 4.39 Å². The maximum atomic E-state index is 13.9. The van der Waals surface area contributed by atoms with Crippen LogP contribution in [0.4, 0.5) is 4.39 Å². The van der Waals surface area contributed by atoms with Gasteiger partial charge in [0.05, 0.1) is 18.2 Å². The first-order chi connectivity index (χ1) is 12.5. The molecule has 0 saturated heterocycles. The fraction of sp³-hybridized carbons (Fsp3) is 0.389. The van der Waals surface area contributed by atoms with Crippen LogP contribution >= 0.6 is 35.6 Å². The first-order valence-corrected chi connectivity index (χ1v) is 8.60. The van der Waals surface area contributed by atoms with Crippen LogP contribution in [0.1, 0.15) is 16.8 Å². The Hall–Kier alpha value is -1.52. The van der Waals surface area contributed by atoms with Gasteiger partial charge in [-0.2, -0.15) is 0 Å². The Balaban J connectivity index is 0.00000261. The number of aromatic nitrogens is 1. The zero-order chi connectivity index (χ0) is 18.7. The maximum absolute atomic E-state index is 13.9. The highest BCUT2D eigenvalue weighted by molar-refractivity contribution is 14.0. The highest BCUT2D eigenvalue weighted by Crippen LogP contribution is 2.29. The van der Waals surface area contributed by atoms with Crippen LogP contribution in [0, 0.1) is 5.82 Å². The molecule has 0 bridgehead atoms. The third-order valence-corrected chi connectivity index (χ3v) is 4.44. The van der Waals surface area contributed by atoms with Crippen molar-refractivity contribution in [2.24, 2.45) is 12.0 Å². The largest absolute Gasteiger partial charge is 0.467 e. The molecule has 0 spiro atoms. The molecule has 0 fully saturated rings. The van der Waals surface area contributed by atoms with Crippen LogP contribution in [0.15, 0.2) is 29.4 Å². The number of rotatable bonds is 4. The van der Waals surface area contributed by atoms with Crippen LogP contribution in [0.25, 0.3) is 0 Å². The number of ether oxygens (including phenoxy) is 2. The Morgan fingerprint density at radius 1 is 1.41 bits per heavy atom. The van der Waals surface area contributed by atoms with E-state index in [1.807, 2.05) is 35.8 Å². The van der Waals surface area contributed by atoms with Gasteiger partial charge in [0, 0.05) is 50.7 Å². The molecular formula is C18H23ClFIN4O2. The lowest BCUT2D eigenvalue weighted by atomic mass is 10.1. The second kappa shape index (κ2) is 9.61. The van der Waals surface area contributed by atoms with Gasteiger partial charge in [-0.1, -0.05) is 11.6 Å². The summed E-state index contributed by atoms with van der Waals surface area (Å²) in [5.41, 5.74) is 2.51. The first-order valence-electron chi connectivity index (χ1n) is 8.22. The number of nitrogens with one attached hydrogen (secondary N) is 1. The smallest absolute Gasteiger partial charge is 0.194 e. The van der Waals surface area contributed by atoms with Crippen molar-refractivity contribution < 1.29 is 13.9 Å². The molecular weight excluding hydrogens is 486 g/mol. The molecule has 1 N–H and O–H groups in total. The average molecular weight is 509 g/mol. The molecule has 1 aliphatic rings. The van der Waals surface area contributed by atoms with Crippen molar-refractivity contribution in [3.05, 3.63) is 52.1 Å². The number of guanidine groups is 1. The van der Waals surface area contributed by atoms with E-state index in [1.165, 1.54) is 12.1 Å². The molecule has 1 aliphatic heterocycles. The van der Waals surface area contributed by atoms with Crippen LogP contribution in [0.2, 0.25) is 5.02 Å². The lowest BCUT2D eigenvalue weighted by molar-refractivity contribution is -0.0173. The molecule has 0 saturated carbocycles.